The Morgan fingerprint density at radius 1 is 1.23 bits per heavy atom. The van der Waals surface area contributed by atoms with Crippen molar-refractivity contribution in [3.63, 3.8) is 0 Å². The highest BCUT2D eigenvalue weighted by atomic mass is 32.1. The Kier molecular flexibility index (Phi) is 4.03. The van der Waals surface area contributed by atoms with Gasteiger partial charge in [0, 0.05) is 17.0 Å². The molecule has 1 aliphatic heterocycles. The van der Waals surface area contributed by atoms with Crippen LogP contribution in [0.2, 0.25) is 0 Å². The Morgan fingerprint density at radius 2 is 2.00 bits per heavy atom. The predicted molar refractivity (Wildman–Crippen MR) is 87.5 cm³/mol. The molecule has 0 spiro atoms. The van der Waals surface area contributed by atoms with E-state index in [0.29, 0.717) is 30.0 Å². The van der Waals surface area contributed by atoms with Crippen molar-refractivity contribution in [1.82, 2.24) is 15.0 Å². The van der Waals surface area contributed by atoms with Gasteiger partial charge in [-0.05, 0) is 30.2 Å². The third-order valence-corrected chi connectivity index (χ3v) is 5.24. The summed E-state index contributed by atoms with van der Waals surface area (Å²) >= 11 is 1.28. The van der Waals surface area contributed by atoms with Crippen LogP contribution >= 0.6 is 11.3 Å². The topological polar surface area (TPSA) is 59.2 Å². The summed E-state index contributed by atoms with van der Waals surface area (Å²) in [7, 11) is 0. The smallest absolute Gasteiger partial charge is 0.333 e. The zero-order chi connectivity index (χ0) is 18.3. The molecule has 0 N–H and O–H groups in total. The quantitative estimate of drug-likeness (QED) is 0.675. The van der Waals surface area contributed by atoms with Gasteiger partial charge in [-0.15, -0.1) is 11.3 Å². The fraction of sp³-hybridized carbons (Fsp3) is 0.235. The molecular formula is C17H12F3N3O2S. The van der Waals surface area contributed by atoms with Gasteiger partial charge in [0.15, 0.2) is 0 Å². The molecule has 1 aliphatic rings. The SMILES string of the molecule is O=C(c1ccccc1)N1CCc2cc(-c3noc(C(F)(F)F)n3)sc2C1. The Balaban J connectivity index is 1.56. The van der Waals surface area contributed by atoms with Gasteiger partial charge in [0.2, 0.25) is 5.82 Å². The van der Waals surface area contributed by atoms with Gasteiger partial charge in [0.05, 0.1) is 11.4 Å². The van der Waals surface area contributed by atoms with E-state index in [1.54, 1.807) is 35.2 Å². The number of carbonyl (C=O) groups excluding carboxylic acids is 1. The van der Waals surface area contributed by atoms with Crippen LogP contribution in [0.5, 0.6) is 0 Å². The minimum Gasteiger partial charge on any atom is -0.333 e. The molecule has 0 radical (unpaired) electrons. The molecule has 134 valence electrons. The number of carbonyl (C=O) groups is 1. The number of alkyl halides is 3. The van der Waals surface area contributed by atoms with Crippen molar-refractivity contribution >= 4 is 17.2 Å². The molecule has 1 aromatic carbocycles. The summed E-state index contributed by atoms with van der Waals surface area (Å²) in [5.74, 6) is -1.51. The number of hydrogen-bond donors (Lipinski definition) is 0. The summed E-state index contributed by atoms with van der Waals surface area (Å²) in [5, 5.41) is 3.42. The second-order valence-corrected chi connectivity index (χ2v) is 6.96. The third kappa shape index (κ3) is 3.10. The van der Waals surface area contributed by atoms with Gasteiger partial charge in [0.25, 0.3) is 5.91 Å². The van der Waals surface area contributed by atoms with Crippen LogP contribution in [0.15, 0.2) is 40.9 Å². The van der Waals surface area contributed by atoms with Crippen molar-refractivity contribution in [3.8, 4) is 10.7 Å². The molecular weight excluding hydrogens is 367 g/mol. The average Bonchev–Trinajstić information content (AvgIpc) is 3.27. The zero-order valence-corrected chi connectivity index (χ0v) is 14.1. The van der Waals surface area contributed by atoms with Crippen molar-refractivity contribution in [2.24, 2.45) is 0 Å². The summed E-state index contributed by atoms with van der Waals surface area (Å²) in [5.41, 5.74) is 1.61. The molecule has 0 bridgehead atoms. The van der Waals surface area contributed by atoms with Crippen molar-refractivity contribution in [1.29, 1.82) is 0 Å². The van der Waals surface area contributed by atoms with Crippen LogP contribution < -0.4 is 0 Å². The van der Waals surface area contributed by atoms with E-state index < -0.39 is 12.1 Å². The standard InChI is InChI=1S/C17H12F3N3O2S/c18-17(19,20)16-21-14(22-25-16)12-8-11-6-7-23(9-13(11)26-12)15(24)10-4-2-1-3-5-10/h1-5,8H,6-7,9H2. The largest absolute Gasteiger partial charge is 0.471 e. The summed E-state index contributed by atoms with van der Waals surface area (Å²) in [6.07, 6.45) is -4.03. The Bertz CT molecular complexity index is 950. The van der Waals surface area contributed by atoms with E-state index in [9.17, 15) is 18.0 Å². The van der Waals surface area contributed by atoms with Crippen molar-refractivity contribution < 1.29 is 22.5 Å². The van der Waals surface area contributed by atoms with Crippen LogP contribution in [0, 0.1) is 0 Å². The summed E-state index contributed by atoms with van der Waals surface area (Å²) in [6, 6.07) is 10.7. The van der Waals surface area contributed by atoms with Crippen LogP contribution in [-0.4, -0.2) is 27.5 Å². The number of benzene rings is 1. The molecule has 9 heteroatoms. The van der Waals surface area contributed by atoms with E-state index in [1.165, 1.54) is 11.3 Å². The van der Waals surface area contributed by atoms with Crippen molar-refractivity contribution in [2.45, 2.75) is 19.1 Å². The number of halogens is 3. The van der Waals surface area contributed by atoms with E-state index in [0.717, 1.165) is 10.4 Å². The zero-order valence-electron chi connectivity index (χ0n) is 13.3. The van der Waals surface area contributed by atoms with Gasteiger partial charge in [-0.1, -0.05) is 23.4 Å². The molecule has 0 atom stereocenters. The molecule has 4 rings (SSSR count). The summed E-state index contributed by atoms with van der Waals surface area (Å²) in [4.78, 5) is 19.1. The molecule has 5 nitrogen and oxygen atoms in total. The molecule has 3 heterocycles. The van der Waals surface area contributed by atoms with Gasteiger partial charge in [0.1, 0.15) is 0 Å². The van der Waals surface area contributed by atoms with Crippen LogP contribution in [0.1, 0.15) is 26.7 Å². The number of amides is 1. The Labute approximate surface area is 150 Å². The van der Waals surface area contributed by atoms with E-state index in [2.05, 4.69) is 14.7 Å². The fourth-order valence-electron chi connectivity index (χ4n) is 2.81. The maximum absolute atomic E-state index is 12.6. The maximum atomic E-state index is 12.6. The van der Waals surface area contributed by atoms with E-state index in [1.807, 2.05) is 6.07 Å². The molecule has 0 aliphatic carbocycles. The van der Waals surface area contributed by atoms with Crippen LogP contribution in [0.25, 0.3) is 10.7 Å². The highest BCUT2D eigenvalue weighted by molar-refractivity contribution is 7.15. The van der Waals surface area contributed by atoms with Crippen LogP contribution in [-0.2, 0) is 19.1 Å². The maximum Gasteiger partial charge on any atom is 0.471 e. The monoisotopic (exact) mass is 379 g/mol. The molecule has 0 saturated carbocycles. The lowest BCUT2D eigenvalue weighted by Crippen LogP contribution is -2.35. The molecule has 1 amide bonds. The molecule has 0 saturated heterocycles. The van der Waals surface area contributed by atoms with E-state index >= 15 is 0 Å². The lowest BCUT2D eigenvalue weighted by molar-refractivity contribution is -0.159. The number of aromatic nitrogens is 2. The van der Waals surface area contributed by atoms with Gasteiger partial charge in [-0.3, -0.25) is 4.79 Å². The average molecular weight is 379 g/mol. The summed E-state index contributed by atoms with van der Waals surface area (Å²) in [6.45, 7) is 0.967. The molecule has 3 aromatic rings. The lowest BCUT2D eigenvalue weighted by Gasteiger charge is -2.26. The van der Waals surface area contributed by atoms with Gasteiger partial charge in [-0.25, -0.2) is 0 Å². The first-order valence-corrected chi connectivity index (χ1v) is 8.60. The number of nitrogens with zero attached hydrogens (tertiary/aromatic N) is 3. The molecule has 26 heavy (non-hydrogen) atoms. The number of rotatable bonds is 2. The molecule has 0 unspecified atom stereocenters. The number of fused-ring (bicyclic) bond motifs is 1. The van der Waals surface area contributed by atoms with Crippen molar-refractivity contribution in [2.75, 3.05) is 6.54 Å². The van der Waals surface area contributed by atoms with Gasteiger partial charge >= 0.3 is 12.1 Å². The first-order chi connectivity index (χ1) is 12.4. The highest BCUT2D eigenvalue weighted by Gasteiger charge is 2.38. The van der Waals surface area contributed by atoms with Crippen LogP contribution in [0.4, 0.5) is 13.2 Å². The van der Waals surface area contributed by atoms with E-state index in [4.69, 9.17) is 0 Å². The fourth-order valence-corrected chi connectivity index (χ4v) is 3.96. The Morgan fingerprint density at radius 3 is 2.69 bits per heavy atom. The number of hydrogen-bond acceptors (Lipinski definition) is 5. The minimum atomic E-state index is -4.67. The van der Waals surface area contributed by atoms with Gasteiger partial charge in [-0.2, -0.15) is 18.2 Å². The normalized spacial score (nSPS) is 14.3. The second kappa shape index (κ2) is 6.24. The Hall–Kier alpha value is -2.68. The highest BCUT2D eigenvalue weighted by Crippen LogP contribution is 2.35. The second-order valence-electron chi connectivity index (χ2n) is 5.82. The van der Waals surface area contributed by atoms with Gasteiger partial charge < -0.3 is 9.42 Å². The first-order valence-electron chi connectivity index (χ1n) is 7.79. The molecule has 0 fully saturated rings. The van der Waals surface area contributed by atoms with Crippen molar-refractivity contribution in [3.05, 3.63) is 58.3 Å². The van der Waals surface area contributed by atoms with E-state index in [-0.39, 0.29) is 11.7 Å². The minimum absolute atomic E-state index is 0.0647. The summed E-state index contributed by atoms with van der Waals surface area (Å²) < 4.78 is 42.1. The lowest BCUT2D eigenvalue weighted by atomic mass is 10.1. The molecule has 2 aromatic heterocycles. The first kappa shape index (κ1) is 16.8. The van der Waals surface area contributed by atoms with Crippen LogP contribution in [0.3, 0.4) is 0 Å². The predicted octanol–water partition coefficient (Wildman–Crippen LogP) is 4.02. The number of thiophene rings is 1. The third-order valence-electron chi connectivity index (χ3n) is 4.08.